The second kappa shape index (κ2) is 4.49. The van der Waals surface area contributed by atoms with Gasteiger partial charge in [-0.2, -0.15) is 0 Å². The van der Waals surface area contributed by atoms with Crippen LogP contribution in [0.4, 0.5) is 0 Å². The topological polar surface area (TPSA) is 49.3 Å². The number of hydrogen-bond acceptors (Lipinski definition) is 2. The van der Waals surface area contributed by atoms with Gasteiger partial charge in [0.2, 0.25) is 0 Å². The van der Waals surface area contributed by atoms with Crippen molar-refractivity contribution in [1.82, 2.24) is 5.32 Å². The van der Waals surface area contributed by atoms with Crippen LogP contribution in [0.5, 0.6) is 0 Å². The summed E-state index contributed by atoms with van der Waals surface area (Å²) in [4.78, 5) is 11.6. The lowest BCUT2D eigenvalue weighted by molar-refractivity contribution is -0.145. The number of carboxylic acid groups (broad SMARTS) is 1. The normalized spacial score (nSPS) is 18.7. The van der Waals surface area contributed by atoms with E-state index in [9.17, 15) is 9.90 Å². The highest BCUT2D eigenvalue weighted by Gasteiger charge is 2.42. The van der Waals surface area contributed by atoms with E-state index in [1.165, 1.54) is 0 Å². The van der Waals surface area contributed by atoms with E-state index < -0.39 is 11.5 Å². The average molecular weight is 233 g/mol. The van der Waals surface area contributed by atoms with Gasteiger partial charge in [-0.1, -0.05) is 36.8 Å². The van der Waals surface area contributed by atoms with Crippen LogP contribution in [0.25, 0.3) is 0 Å². The van der Waals surface area contributed by atoms with Gasteiger partial charge in [-0.15, -0.1) is 0 Å². The molecule has 1 atom stereocenters. The maximum absolute atomic E-state index is 11.6. The van der Waals surface area contributed by atoms with Gasteiger partial charge in [0.15, 0.2) is 0 Å². The molecule has 1 fully saturated rings. The van der Waals surface area contributed by atoms with Gasteiger partial charge in [0.1, 0.15) is 5.54 Å². The first-order valence-corrected chi connectivity index (χ1v) is 6.16. The molecule has 0 saturated heterocycles. The summed E-state index contributed by atoms with van der Waals surface area (Å²) >= 11 is 0. The zero-order valence-corrected chi connectivity index (χ0v) is 10.4. The summed E-state index contributed by atoms with van der Waals surface area (Å²) in [7, 11) is 0. The lowest BCUT2D eigenvalue weighted by Gasteiger charge is -2.30. The number of carbonyl (C=O) groups is 1. The van der Waals surface area contributed by atoms with E-state index in [-0.39, 0.29) is 0 Å². The molecule has 0 heterocycles. The molecule has 3 nitrogen and oxygen atoms in total. The van der Waals surface area contributed by atoms with E-state index in [0.717, 1.165) is 24.0 Å². The van der Waals surface area contributed by atoms with Gasteiger partial charge in [-0.05, 0) is 31.7 Å². The number of rotatable bonds is 5. The predicted octanol–water partition coefficient (Wildman–Crippen LogP) is 2.44. The fraction of sp³-hybridized carbons (Fsp3) is 0.500. The molecule has 0 aromatic heterocycles. The maximum Gasteiger partial charge on any atom is 0.328 e. The summed E-state index contributed by atoms with van der Waals surface area (Å²) in [5, 5.41) is 12.9. The molecule has 1 aromatic rings. The van der Waals surface area contributed by atoms with Gasteiger partial charge in [0, 0.05) is 6.04 Å². The van der Waals surface area contributed by atoms with Gasteiger partial charge >= 0.3 is 5.97 Å². The molecule has 1 unspecified atom stereocenters. The molecule has 0 aliphatic heterocycles. The summed E-state index contributed by atoms with van der Waals surface area (Å²) < 4.78 is 0. The molecule has 1 aliphatic carbocycles. The van der Waals surface area contributed by atoms with E-state index in [4.69, 9.17) is 0 Å². The van der Waals surface area contributed by atoms with Crippen molar-refractivity contribution in [3.63, 3.8) is 0 Å². The molecule has 1 aliphatic rings. The molecule has 92 valence electrons. The maximum atomic E-state index is 11.6. The van der Waals surface area contributed by atoms with Crippen LogP contribution >= 0.6 is 0 Å². The molecule has 2 rings (SSSR count). The molecular weight excluding hydrogens is 214 g/mol. The predicted molar refractivity (Wildman–Crippen MR) is 66.9 cm³/mol. The van der Waals surface area contributed by atoms with Crippen LogP contribution < -0.4 is 5.32 Å². The summed E-state index contributed by atoms with van der Waals surface area (Å²) in [6, 6.07) is 8.14. The number of carboxylic acids is 1. The minimum Gasteiger partial charge on any atom is -0.480 e. The fourth-order valence-electron chi connectivity index (χ4n) is 2.14. The summed E-state index contributed by atoms with van der Waals surface area (Å²) in [5.74, 6) is -0.782. The van der Waals surface area contributed by atoms with Gasteiger partial charge < -0.3 is 5.11 Å². The molecule has 1 aromatic carbocycles. The van der Waals surface area contributed by atoms with Crippen LogP contribution in [0.15, 0.2) is 24.3 Å². The summed E-state index contributed by atoms with van der Waals surface area (Å²) in [6.07, 6.45) is 2.73. The van der Waals surface area contributed by atoms with Crippen LogP contribution in [0.3, 0.4) is 0 Å². The van der Waals surface area contributed by atoms with Crippen LogP contribution in [0.1, 0.15) is 37.3 Å². The molecule has 0 radical (unpaired) electrons. The largest absolute Gasteiger partial charge is 0.480 e. The Kier molecular flexibility index (Phi) is 3.20. The van der Waals surface area contributed by atoms with E-state index in [0.29, 0.717) is 12.5 Å². The average Bonchev–Trinajstić information content (AvgIpc) is 3.10. The first kappa shape index (κ1) is 12.1. The van der Waals surface area contributed by atoms with Gasteiger partial charge in [0.05, 0.1) is 0 Å². The Hall–Kier alpha value is -1.35. The summed E-state index contributed by atoms with van der Waals surface area (Å²) in [5.41, 5.74) is 1.08. The van der Waals surface area contributed by atoms with E-state index in [1.54, 1.807) is 0 Å². The Morgan fingerprint density at radius 3 is 2.41 bits per heavy atom. The van der Waals surface area contributed by atoms with Crippen molar-refractivity contribution in [2.45, 2.75) is 44.7 Å². The minimum atomic E-state index is -0.922. The Balaban J connectivity index is 2.36. The molecule has 0 amide bonds. The number of aliphatic carboxylic acids is 1. The molecule has 3 heteroatoms. The van der Waals surface area contributed by atoms with Crippen molar-refractivity contribution < 1.29 is 9.90 Å². The zero-order chi connectivity index (χ0) is 12.5. The van der Waals surface area contributed by atoms with Gasteiger partial charge in [-0.3, -0.25) is 5.32 Å². The lowest BCUT2D eigenvalue weighted by Crippen LogP contribution is -2.49. The highest BCUT2D eigenvalue weighted by Crippen LogP contribution is 2.31. The van der Waals surface area contributed by atoms with Crippen molar-refractivity contribution in [2.75, 3.05) is 0 Å². The van der Waals surface area contributed by atoms with Gasteiger partial charge in [-0.25, -0.2) is 4.79 Å². The van der Waals surface area contributed by atoms with E-state index in [1.807, 2.05) is 38.1 Å². The van der Waals surface area contributed by atoms with Crippen molar-refractivity contribution in [3.8, 4) is 0 Å². The van der Waals surface area contributed by atoms with Crippen molar-refractivity contribution in [2.24, 2.45) is 0 Å². The number of benzene rings is 1. The Labute approximate surface area is 102 Å². The molecule has 0 bridgehead atoms. The first-order valence-electron chi connectivity index (χ1n) is 6.16. The third-order valence-corrected chi connectivity index (χ3v) is 3.47. The Bertz CT molecular complexity index is 409. The molecule has 1 saturated carbocycles. The smallest absolute Gasteiger partial charge is 0.328 e. The lowest BCUT2D eigenvalue weighted by atomic mass is 9.86. The van der Waals surface area contributed by atoms with Crippen molar-refractivity contribution in [1.29, 1.82) is 0 Å². The standard InChI is InChI=1S/C14H19NO2/c1-3-14(13(16)17,15-12-8-9-12)11-6-4-10(2)5-7-11/h4-7,12,15H,3,8-9H2,1-2H3,(H,16,17). The Morgan fingerprint density at radius 2 is 2.00 bits per heavy atom. The second-order valence-electron chi connectivity index (χ2n) is 4.85. The van der Waals surface area contributed by atoms with E-state index >= 15 is 0 Å². The van der Waals surface area contributed by atoms with Crippen LogP contribution in [-0.4, -0.2) is 17.1 Å². The fourth-order valence-corrected chi connectivity index (χ4v) is 2.14. The van der Waals surface area contributed by atoms with E-state index in [2.05, 4.69) is 5.32 Å². The van der Waals surface area contributed by atoms with Crippen molar-refractivity contribution >= 4 is 5.97 Å². The molecular formula is C14H19NO2. The van der Waals surface area contributed by atoms with Crippen LogP contribution in [-0.2, 0) is 10.3 Å². The quantitative estimate of drug-likeness (QED) is 0.821. The highest BCUT2D eigenvalue weighted by molar-refractivity contribution is 5.81. The molecule has 2 N–H and O–H groups in total. The van der Waals surface area contributed by atoms with Gasteiger partial charge in [0.25, 0.3) is 0 Å². The Morgan fingerprint density at radius 1 is 1.41 bits per heavy atom. The van der Waals surface area contributed by atoms with Crippen LogP contribution in [0.2, 0.25) is 0 Å². The van der Waals surface area contributed by atoms with Crippen molar-refractivity contribution in [3.05, 3.63) is 35.4 Å². The second-order valence-corrected chi connectivity index (χ2v) is 4.85. The number of aryl methyl sites for hydroxylation is 1. The third kappa shape index (κ3) is 2.34. The highest BCUT2D eigenvalue weighted by atomic mass is 16.4. The van der Waals surface area contributed by atoms with Crippen LogP contribution in [0, 0.1) is 6.92 Å². The first-order chi connectivity index (χ1) is 8.08. The molecule has 17 heavy (non-hydrogen) atoms. The zero-order valence-electron chi connectivity index (χ0n) is 10.4. The molecule has 0 spiro atoms. The number of hydrogen-bond donors (Lipinski definition) is 2. The minimum absolute atomic E-state index is 0.368. The SMILES string of the molecule is CCC(NC1CC1)(C(=O)O)c1ccc(C)cc1. The summed E-state index contributed by atoms with van der Waals surface area (Å²) in [6.45, 7) is 3.93. The monoisotopic (exact) mass is 233 g/mol. The third-order valence-electron chi connectivity index (χ3n) is 3.47. The number of nitrogens with one attached hydrogen (secondary N) is 1.